The van der Waals surface area contributed by atoms with Crippen molar-refractivity contribution in [3.8, 4) is 5.88 Å². The largest absolute Gasteiger partial charge is 0.416 e. The van der Waals surface area contributed by atoms with Gasteiger partial charge in [-0.25, -0.2) is 18.2 Å². The molecular formula is C20H17ClF3N3O4S2. The molecule has 7 nitrogen and oxygen atoms in total. The summed E-state index contributed by atoms with van der Waals surface area (Å²) in [5.41, 5.74) is -1.51. The van der Waals surface area contributed by atoms with Crippen LogP contribution in [0.4, 0.5) is 18.0 Å². The molecule has 13 heteroatoms. The van der Waals surface area contributed by atoms with Gasteiger partial charge in [-0.05, 0) is 35.9 Å². The SMILES string of the molecule is O=C(Oc1nccc2sc(S(=O)(=O)Cc3cc(Cl)ccc3C(F)(F)F)cc12)N1CCNCC1. The summed E-state index contributed by atoms with van der Waals surface area (Å²) in [6.45, 7) is 2.16. The minimum atomic E-state index is -4.73. The maximum absolute atomic E-state index is 13.4. The summed E-state index contributed by atoms with van der Waals surface area (Å²) in [5, 5.41) is 3.39. The van der Waals surface area contributed by atoms with Crippen LogP contribution in [0.15, 0.2) is 40.7 Å². The number of sulfone groups is 1. The number of halogens is 4. The summed E-state index contributed by atoms with van der Waals surface area (Å²) < 4.78 is 71.7. The summed E-state index contributed by atoms with van der Waals surface area (Å²) in [4.78, 5) is 18.0. The van der Waals surface area contributed by atoms with E-state index in [0.717, 1.165) is 29.5 Å². The molecule has 1 aliphatic heterocycles. The molecule has 0 saturated carbocycles. The van der Waals surface area contributed by atoms with Gasteiger partial charge in [-0.15, -0.1) is 11.3 Å². The molecule has 3 aromatic rings. The van der Waals surface area contributed by atoms with E-state index in [0.29, 0.717) is 30.9 Å². The number of hydrogen-bond donors (Lipinski definition) is 1. The molecule has 1 fully saturated rings. The highest BCUT2D eigenvalue weighted by Gasteiger charge is 2.35. The number of piperazine rings is 1. The first-order chi connectivity index (χ1) is 15.5. The zero-order valence-electron chi connectivity index (χ0n) is 16.9. The molecule has 0 radical (unpaired) electrons. The molecule has 176 valence electrons. The molecule has 0 aliphatic carbocycles. The molecule has 1 aromatic carbocycles. The Hall–Kier alpha value is -2.41. The fourth-order valence-electron chi connectivity index (χ4n) is 3.38. The van der Waals surface area contributed by atoms with Gasteiger partial charge in [0.25, 0.3) is 0 Å². The number of thiophene rings is 1. The predicted molar refractivity (Wildman–Crippen MR) is 117 cm³/mol. The van der Waals surface area contributed by atoms with Crippen LogP contribution < -0.4 is 10.1 Å². The first-order valence-corrected chi connectivity index (χ1v) is 12.5. The van der Waals surface area contributed by atoms with Gasteiger partial charge in [-0.2, -0.15) is 13.2 Å². The minimum absolute atomic E-state index is 0.00384. The molecule has 1 saturated heterocycles. The fourth-order valence-corrected chi connectivity index (χ4v) is 6.39. The van der Waals surface area contributed by atoms with Crippen LogP contribution >= 0.6 is 22.9 Å². The third kappa shape index (κ3) is 5.24. The van der Waals surface area contributed by atoms with Gasteiger partial charge in [0.2, 0.25) is 5.88 Å². The van der Waals surface area contributed by atoms with Crippen LogP contribution in [-0.2, 0) is 21.8 Å². The Balaban J connectivity index is 1.65. The van der Waals surface area contributed by atoms with Crippen LogP contribution in [0.3, 0.4) is 0 Å². The maximum atomic E-state index is 13.4. The third-order valence-electron chi connectivity index (χ3n) is 4.97. The van der Waals surface area contributed by atoms with Crippen molar-refractivity contribution in [2.24, 2.45) is 0 Å². The number of pyridine rings is 1. The number of carbonyl (C=O) groups excluding carboxylic acids is 1. The lowest BCUT2D eigenvalue weighted by molar-refractivity contribution is -0.138. The maximum Gasteiger partial charge on any atom is 0.416 e. The molecule has 2 aromatic heterocycles. The quantitative estimate of drug-likeness (QED) is 0.551. The predicted octanol–water partition coefficient (Wildman–Crippen LogP) is 4.35. The van der Waals surface area contributed by atoms with Crippen LogP contribution in [0.25, 0.3) is 10.1 Å². The highest BCUT2D eigenvalue weighted by atomic mass is 35.5. The number of benzene rings is 1. The van der Waals surface area contributed by atoms with Crippen molar-refractivity contribution in [1.82, 2.24) is 15.2 Å². The van der Waals surface area contributed by atoms with Gasteiger partial charge in [-0.3, -0.25) is 0 Å². The second kappa shape index (κ2) is 9.09. The number of aromatic nitrogens is 1. The van der Waals surface area contributed by atoms with Gasteiger partial charge in [-0.1, -0.05) is 11.6 Å². The molecule has 0 spiro atoms. The highest BCUT2D eigenvalue weighted by molar-refractivity contribution is 7.92. The molecule has 33 heavy (non-hydrogen) atoms. The van der Waals surface area contributed by atoms with E-state index in [9.17, 15) is 26.4 Å². The Morgan fingerprint density at radius 3 is 2.64 bits per heavy atom. The molecule has 0 bridgehead atoms. The first kappa shape index (κ1) is 23.7. The Morgan fingerprint density at radius 1 is 1.21 bits per heavy atom. The molecule has 0 atom stereocenters. The number of carbonyl (C=O) groups is 1. The van der Waals surface area contributed by atoms with Crippen molar-refractivity contribution in [3.63, 3.8) is 0 Å². The van der Waals surface area contributed by atoms with E-state index >= 15 is 0 Å². The van der Waals surface area contributed by atoms with Crippen LogP contribution in [-0.4, -0.2) is 50.6 Å². The molecule has 4 rings (SSSR count). The van der Waals surface area contributed by atoms with Gasteiger partial charge >= 0.3 is 12.3 Å². The van der Waals surface area contributed by atoms with E-state index in [1.54, 1.807) is 6.07 Å². The van der Waals surface area contributed by atoms with E-state index in [4.69, 9.17) is 16.3 Å². The lowest BCUT2D eigenvalue weighted by atomic mass is 10.1. The average Bonchev–Trinajstić information content (AvgIpc) is 3.20. The van der Waals surface area contributed by atoms with Crippen molar-refractivity contribution < 1.29 is 31.1 Å². The summed E-state index contributed by atoms with van der Waals surface area (Å²) in [5.74, 6) is -0.953. The molecule has 0 unspecified atom stereocenters. The Bertz CT molecular complexity index is 1310. The van der Waals surface area contributed by atoms with Crippen molar-refractivity contribution in [3.05, 3.63) is 52.7 Å². The van der Waals surface area contributed by atoms with Crippen LogP contribution in [0.2, 0.25) is 5.02 Å². The summed E-state index contributed by atoms with van der Waals surface area (Å²) in [6.07, 6.45) is -3.97. The molecule has 1 aliphatic rings. The number of fused-ring (bicyclic) bond motifs is 1. The number of nitrogens with one attached hydrogen (secondary N) is 1. The summed E-state index contributed by atoms with van der Waals surface area (Å²) >= 11 is 6.68. The van der Waals surface area contributed by atoms with E-state index in [1.807, 2.05) is 0 Å². The van der Waals surface area contributed by atoms with Gasteiger partial charge < -0.3 is 15.0 Å². The lowest BCUT2D eigenvalue weighted by Gasteiger charge is -2.26. The smallest absolute Gasteiger partial charge is 0.390 e. The normalized spacial score (nSPS) is 15.1. The van der Waals surface area contributed by atoms with Crippen molar-refractivity contribution >= 4 is 49.0 Å². The van der Waals surface area contributed by atoms with Gasteiger partial charge in [0, 0.05) is 42.1 Å². The fraction of sp³-hybridized carbons (Fsp3) is 0.300. The zero-order valence-corrected chi connectivity index (χ0v) is 19.2. The lowest BCUT2D eigenvalue weighted by Crippen LogP contribution is -2.47. The van der Waals surface area contributed by atoms with Crippen molar-refractivity contribution in [2.45, 2.75) is 16.1 Å². The number of alkyl halides is 3. The molecule has 1 amide bonds. The Kier molecular flexibility index (Phi) is 6.54. The Morgan fingerprint density at radius 2 is 1.94 bits per heavy atom. The van der Waals surface area contributed by atoms with E-state index < -0.39 is 39.0 Å². The van der Waals surface area contributed by atoms with E-state index in [2.05, 4.69) is 10.3 Å². The van der Waals surface area contributed by atoms with Gasteiger partial charge in [0.1, 0.15) is 4.21 Å². The highest BCUT2D eigenvalue weighted by Crippen LogP contribution is 2.38. The van der Waals surface area contributed by atoms with Crippen LogP contribution in [0, 0.1) is 0 Å². The average molecular weight is 520 g/mol. The van der Waals surface area contributed by atoms with Crippen LogP contribution in [0.1, 0.15) is 11.1 Å². The topological polar surface area (TPSA) is 88.6 Å². The Labute approximate surface area is 196 Å². The van der Waals surface area contributed by atoms with Gasteiger partial charge in [0.15, 0.2) is 9.84 Å². The second-order valence-electron chi connectivity index (χ2n) is 7.26. The summed E-state index contributed by atoms with van der Waals surface area (Å²) in [7, 11) is -4.17. The monoisotopic (exact) mass is 519 g/mol. The molecular weight excluding hydrogens is 503 g/mol. The third-order valence-corrected chi connectivity index (χ3v) is 8.53. The number of nitrogens with zero attached hydrogens (tertiary/aromatic N) is 2. The van der Waals surface area contributed by atoms with Crippen LogP contribution in [0.5, 0.6) is 5.88 Å². The molecule has 1 N–H and O–H groups in total. The minimum Gasteiger partial charge on any atom is -0.390 e. The summed E-state index contributed by atoms with van der Waals surface area (Å²) in [6, 6.07) is 5.63. The second-order valence-corrected chi connectivity index (χ2v) is 11.0. The number of ether oxygens (including phenoxy) is 1. The zero-order chi connectivity index (χ0) is 23.8. The number of amides is 1. The number of rotatable bonds is 4. The van der Waals surface area contributed by atoms with Gasteiger partial charge in [0.05, 0.1) is 16.7 Å². The van der Waals surface area contributed by atoms with Crippen molar-refractivity contribution in [1.29, 1.82) is 0 Å². The standard InChI is InChI=1S/C20H17ClF3N3O4S2/c21-13-1-2-15(20(22,23)24)12(9-13)11-33(29,30)17-10-14-16(32-17)3-4-26-18(14)31-19(28)27-7-5-25-6-8-27/h1-4,9-10,25H,5-8,11H2. The first-order valence-electron chi connectivity index (χ1n) is 9.69. The number of hydrogen-bond acceptors (Lipinski definition) is 7. The van der Waals surface area contributed by atoms with E-state index in [-0.39, 0.29) is 20.5 Å². The van der Waals surface area contributed by atoms with E-state index in [1.165, 1.54) is 17.2 Å². The van der Waals surface area contributed by atoms with Crippen molar-refractivity contribution in [2.75, 3.05) is 26.2 Å². The molecule has 3 heterocycles.